The molecule has 9 heteroatoms. The molecule has 4 aromatic rings. The monoisotopic (exact) mass is 415 g/mol. The molecule has 0 unspecified atom stereocenters. The van der Waals surface area contributed by atoms with Crippen LogP contribution in [-0.2, 0) is 0 Å². The summed E-state index contributed by atoms with van der Waals surface area (Å²) >= 11 is 0. The molecule has 0 saturated carbocycles. The van der Waals surface area contributed by atoms with Crippen LogP contribution >= 0.6 is 0 Å². The highest BCUT2D eigenvalue weighted by molar-refractivity contribution is 5.93. The molecule has 4 heterocycles. The Labute approximate surface area is 177 Å². The van der Waals surface area contributed by atoms with Crippen molar-refractivity contribution in [2.75, 3.05) is 13.1 Å². The number of allylic oxidation sites excluding steroid dienone is 2. The van der Waals surface area contributed by atoms with E-state index < -0.39 is 0 Å². The average Bonchev–Trinajstić information content (AvgIpc) is 3.50. The molecule has 156 valence electrons. The van der Waals surface area contributed by atoms with E-state index in [1.165, 1.54) is 0 Å². The van der Waals surface area contributed by atoms with Crippen LogP contribution in [0.4, 0.5) is 0 Å². The van der Waals surface area contributed by atoms with Gasteiger partial charge in [-0.2, -0.15) is 4.98 Å². The molecule has 4 N–H and O–H groups in total. The maximum atomic E-state index is 12.6. The van der Waals surface area contributed by atoms with Crippen LogP contribution < -0.4 is 10.6 Å². The molecule has 0 aliphatic carbocycles. The quantitative estimate of drug-likeness (QED) is 0.397. The molecule has 0 radical (unpaired) electrons. The molecule has 0 saturated heterocycles. The number of aromatic nitrogens is 5. The van der Waals surface area contributed by atoms with E-state index in [0.29, 0.717) is 24.1 Å². The maximum absolute atomic E-state index is 12.6. The summed E-state index contributed by atoms with van der Waals surface area (Å²) in [4.78, 5) is 27.8. The average molecular weight is 415 g/mol. The number of nitrogens with one attached hydrogen (secondary N) is 4. The first-order valence-electron chi connectivity index (χ1n) is 9.93. The lowest BCUT2D eigenvalue weighted by Gasteiger charge is -2.11. The topological polar surface area (TPSA) is 125 Å². The van der Waals surface area contributed by atoms with Crippen LogP contribution in [0.5, 0.6) is 0 Å². The minimum absolute atomic E-state index is 0.235. The van der Waals surface area contributed by atoms with Crippen molar-refractivity contribution in [3.05, 3.63) is 65.5 Å². The summed E-state index contributed by atoms with van der Waals surface area (Å²) in [6.07, 6.45) is 5.79. The highest BCUT2D eigenvalue weighted by Gasteiger charge is 2.16. The van der Waals surface area contributed by atoms with Gasteiger partial charge in [-0.1, -0.05) is 17.3 Å². The Kier molecular flexibility index (Phi) is 4.62. The third kappa shape index (κ3) is 3.73. The van der Waals surface area contributed by atoms with E-state index in [4.69, 9.17) is 4.52 Å². The number of carbonyl (C=O) groups excluding carboxylic acids is 1. The smallest absolute Gasteiger partial charge is 0.287 e. The molecule has 9 nitrogen and oxygen atoms in total. The standard InChI is InChI=1S/C22H21N7O2/c1-12-19(28-20(25-12)21(30)24-11-14-4-3-7-23-10-14)15-5-6-17-16(8-15)9-18(27-17)22-26-13(2)29-31-22/h3-9,23,27H,10-11H2,1-2H3,(H,24,30)(H,25,28). The van der Waals surface area contributed by atoms with E-state index >= 15 is 0 Å². The number of H-pyrrole nitrogens is 2. The number of fused-ring (bicyclic) bond motifs is 1. The van der Waals surface area contributed by atoms with Gasteiger partial charge in [0, 0.05) is 35.2 Å². The molecule has 0 spiro atoms. The number of benzene rings is 1. The number of aromatic amines is 2. The van der Waals surface area contributed by atoms with Gasteiger partial charge in [0.05, 0.1) is 5.69 Å². The molecule has 1 aliphatic rings. The highest BCUT2D eigenvalue weighted by Crippen LogP contribution is 2.28. The number of nitrogens with zero attached hydrogens (tertiary/aromatic N) is 3. The van der Waals surface area contributed by atoms with Gasteiger partial charge in [-0.3, -0.25) is 4.79 Å². The lowest BCUT2D eigenvalue weighted by atomic mass is 10.1. The number of aryl methyl sites for hydroxylation is 2. The summed E-state index contributed by atoms with van der Waals surface area (Å²) in [5.74, 6) is 1.09. The molecule has 0 fully saturated rings. The predicted octanol–water partition coefficient (Wildman–Crippen LogP) is 3.00. The van der Waals surface area contributed by atoms with E-state index in [-0.39, 0.29) is 5.91 Å². The zero-order chi connectivity index (χ0) is 21.4. The third-order valence-corrected chi connectivity index (χ3v) is 5.10. The van der Waals surface area contributed by atoms with Crippen molar-refractivity contribution in [3.63, 3.8) is 0 Å². The highest BCUT2D eigenvalue weighted by atomic mass is 16.5. The molecule has 1 amide bonds. The van der Waals surface area contributed by atoms with Gasteiger partial charge in [-0.15, -0.1) is 0 Å². The number of rotatable bonds is 5. The molecule has 1 aliphatic heterocycles. The van der Waals surface area contributed by atoms with Gasteiger partial charge in [-0.05, 0) is 49.9 Å². The van der Waals surface area contributed by atoms with Crippen molar-refractivity contribution in [2.45, 2.75) is 13.8 Å². The largest absolute Gasteiger partial charge is 0.387 e. The number of hydrogen-bond donors (Lipinski definition) is 4. The summed E-state index contributed by atoms with van der Waals surface area (Å²) in [5.41, 5.74) is 5.29. The van der Waals surface area contributed by atoms with Crippen LogP contribution in [0.15, 0.2) is 52.7 Å². The molecule has 31 heavy (non-hydrogen) atoms. The zero-order valence-corrected chi connectivity index (χ0v) is 17.1. The number of dihydropyridines is 1. The molecule has 1 aromatic carbocycles. The van der Waals surface area contributed by atoms with Crippen molar-refractivity contribution in [1.82, 2.24) is 35.7 Å². The fraction of sp³-hybridized carbons (Fsp3) is 0.182. The van der Waals surface area contributed by atoms with Crippen LogP contribution in [0, 0.1) is 13.8 Å². The van der Waals surface area contributed by atoms with Gasteiger partial charge in [-0.25, -0.2) is 4.98 Å². The summed E-state index contributed by atoms with van der Waals surface area (Å²) in [7, 11) is 0. The predicted molar refractivity (Wildman–Crippen MR) is 116 cm³/mol. The van der Waals surface area contributed by atoms with Gasteiger partial charge in [0.25, 0.3) is 11.8 Å². The van der Waals surface area contributed by atoms with Gasteiger partial charge in [0.2, 0.25) is 0 Å². The third-order valence-electron chi connectivity index (χ3n) is 5.10. The van der Waals surface area contributed by atoms with Gasteiger partial charge >= 0.3 is 0 Å². The van der Waals surface area contributed by atoms with Crippen molar-refractivity contribution >= 4 is 16.8 Å². The zero-order valence-electron chi connectivity index (χ0n) is 17.1. The van der Waals surface area contributed by atoms with Crippen LogP contribution in [0.25, 0.3) is 33.7 Å². The second-order valence-electron chi connectivity index (χ2n) is 7.44. The van der Waals surface area contributed by atoms with E-state index in [1.54, 1.807) is 6.92 Å². The summed E-state index contributed by atoms with van der Waals surface area (Å²) < 4.78 is 5.24. The Bertz CT molecular complexity index is 1340. The summed E-state index contributed by atoms with van der Waals surface area (Å²) in [6.45, 7) is 4.88. The van der Waals surface area contributed by atoms with E-state index in [9.17, 15) is 4.79 Å². The van der Waals surface area contributed by atoms with E-state index in [2.05, 4.69) is 35.7 Å². The van der Waals surface area contributed by atoms with Crippen LogP contribution in [0.3, 0.4) is 0 Å². The number of amides is 1. The van der Waals surface area contributed by atoms with Crippen molar-refractivity contribution in [3.8, 4) is 22.8 Å². The first-order valence-corrected chi connectivity index (χ1v) is 9.93. The first-order chi connectivity index (χ1) is 15.1. The SMILES string of the molecule is Cc1noc(-c2cc3cc(-c4nc(C(=O)NCC5=CC=CNC5)[nH]c4C)ccc3[nH]2)n1. The van der Waals surface area contributed by atoms with Crippen LogP contribution in [-0.4, -0.2) is 44.1 Å². The fourth-order valence-electron chi connectivity index (χ4n) is 3.55. The molecular weight excluding hydrogens is 394 g/mol. The Morgan fingerprint density at radius 2 is 2.10 bits per heavy atom. The van der Waals surface area contributed by atoms with Gasteiger partial charge in [0.1, 0.15) is 5.69 Å². The molecule has 3 aromatic heterocycles. The van der Waals surface area contributed by atoms with Crippen molar-refractivity contribution in [1.29, 1.82) is 0 Å². The molecule has 0 atom stereocenters. The van der Waals surface area contributed by atoms with Crippen LogP contribution in [0.2, 0.25) is 0 Å². The van der Waals surface area contributed by atoms with Crippen molar-refractivity contribution in [2.24, 2.45) is 0 Å². The Hall–Kier alpha value is -4.14. The fourth-order valence-corrected chi connectivity index (χ4v) is 3.55. The molecular formula is C22H21N7O2. The summed E-state index contributed by atoms with van der Waals surface area (Å²) in [6, 6.07) is 7.93. The number of imidazole rings is 1. The second kappa shape index (κ2) is 7.60. The lowest BCUT2D eigenvalue weighted by molar-refractivity contribution is 0.0947. The minimum Gasteiger partial charge on any atom is -0.387 e. The Balaban J connectivity index is 1.38. The van der Waals surface area contributed by atoms with E-state index in [1.807, 2.05) is 49.5 Å². The Morgan fingerprint density at radius 3 is 2.87 bits per heavy atom. The number of hydrogen-bond acceptors (Lipinski definition) is 6. The minimum atomic E-state index is -0.235. The Morgan fingerprint density at radius 1 is 1.19 bits per heavy atom. The van der Waals surface area contributed by atoms with Crippen molar-refractivity contribution < 1.29 is 9.32 Å². The number of carbonyl (C=O) groups is 1. The van der Waals surface area contributed by atoms with Gasteiger partial charge in [0.15, 0.2) is 11.6 Å². The van der Waals surface area contributed by atoms with Gasteiger partial charge < -0.3 is 25.1 Å². The first kappa shape index (κ1) is 18.9. The molecule has 5 rings (SSSR count). The molecule has 0 bridgehead atoms. The summed E-state index contributed by atoms with van der Waals surface area (Å²) in [5, 5.41) is 10.9. The second-order valence-corrected chi connectivity index (χ2v) is 7.44. The van der Waals surface area contributed by atoms with E-state index in [0.717, 1.165) is 45.7 Å². The normalized spacial score (nSPS) is 13.3. The van der Waals surface area contributed by atoms with Crippen LogP contribution in [0.1, 0.15) is 22.1 Å². The maximum Gasteiger partial charge on any atom is 0.287 e. The lowest BCUT2D eigenvalue weighted by Crippen LogP contribution is -2.29.